The molecule has 7 rings (SSSR count). The zero-order valence-electron chi connectivity index (χ0n) is 14.0. The molecule has 1 saturated heterocycles. The van der Waals surface area contributed by atoms with E-state index in [0.717, 1.165) is 18.5 Å². The number of ether oxygens (including phenoxy) is 1. The minimum Gasteiger partial charge on any atom is -0.393 e. The molecule has 4 fully saturated rings. The Kier molecular flexibility index (Phi) is 2.06. The number of hydrogen-bond acceptors (Lipinski definition) is 6. The molecule has 2 aliphatic heterocycles. The van der Waals surface area contributed by atoms with Crippen molar-refractivity contribution in [3.63, 3.8) is 0 Å². The molecule has 0 radical (unpaired) electrons. The molecule has 6 aliphatic rings. The van der Waals surface area contributed by atoms with E-state index in [4.69, 9.17) is 9.85 Å². The molecule has 0 aromatic heterocycles. The molecule has 0 N–H and O–H groups in total. The minimum atomic E-state index is -0.391. The fraction of sp³-hybridized carbons (Fsp3) is 0.500. The summed E-state index contributed by atoms with van der Waals surface area (Å²) in [6, 6.07) is 10.1. The van der Waals surface area contributed by atoms with Crippen LogP contribution in [0.1, 0.15) is 12.8 Å². The lowest BCUT2D eigenvalue weighted by atomic mass is 9.56. The Labute approximate surface area is 149 Å². The van der Waals surface area contributed by atoms with Crippen molar-refractivity contribution >= 4 is 17.6 Å². The molecular formula is C20H17N3O3. The van der Waals surface area contributed by atoms with E-state index in [-0.39, 0.29) is 41.1 Å². The lowest BCUT2D eigenvalue weighted by Gasteiger charge is -2.52. The van der Waals surface area contributed by atoms with Crippen molar-refractivity contribution in [3.8, 4) is 0 Å². The summed E-state index contributed by atoms with van der Waals surface area (Å²) in [4.78, 5) is 25.0. The van der Waals surface area contributed by atoms with Crippen molar-refractivity contribution in [2.45, 2.75) is 23.9 Å². The Morgan fingerprint density at radius 2 is 1.69 bits per heavy atom. The third-order valence-corrected chi connectivity index (χ3v) is 8.14. The highest BCUT2D eigenvalue weighted by atomic mass is 16.6. The van der Waals surface area contributed by atoms with Gasteiger partial charge in [-0.15, -0.1) is 0 Å². The molecule has 26 heavy (non-hydrogen) atoms. The number of para-hydroxylation sites is 1. The Morgan fingerprint density at radius 1 is 0.962 bits per heavy atom. The van der Waals surface area contributed by atoms with E-state index >= 15 is 0 Å². The van der Waals surface area contributed by atoms with E-state index in [1.807, 2.05) is 18.2 Å². The zero-order valence-corrected chi connectivity index (χ0v) is 14.0. The summed E-state index contributed by atoms with van der Waals surface area (Å²) in [7, 11) is 0. The highest BCUT2D eigenvalue weighted by Gasteiger charge is 2.88. The Balaban J connectivity index is 1.50. The number of nitrogens with zero attached hydrogens (tertiary/aromatic N) is 3. The van der Waals surface area contributed by atoms with Crippen LogP contribution in [0.2, 0.25) is 0 Å². The van der Waals surface area contributed by atoms with Gasteiger partial charge in [-0.25, -0.2) is 5.01 Å². The predicted molar refractivity (Wildman–Crippen MR) is 89.7 cm³/mol. The molecule has 6 heteroatoms. The van der Waals surface area contributed by atoms with Crippen molar-refractivity contribution < 1.29 is 14.3 Å². The van der Waals surface area contributed by atoms with Gasteiger partial charge in [-0.3, -0.25) is 9.59 Å². The molecule has 2 heterocycles. The number of anilines is 1. The maximum Gasteiger partial charge on any atom is 0.317 e. The summed E-state index contributed by atoms with van der Waals surface area (Å²) in [5, 5.41) is 11.7. The normalized spacial score (nSPS) is 51.2. The largest absolute Gasteiger partial charge is 0.393 e. The van der Waals surface area contributed by atoms with E-state index in [9.17, 15) is 9.59 Å². The smallest absolute Gasteiger partial charge is 0.317 e. The zero-order chi connectivity index (χ0) is 17.3. The second kappa shape index (κ2) is 3.92. The molecule has 0 spiro atoms. The fourth-order valence-electron chi connectivity index (χ4n) is 7.66. The number of carbonyl (C=O) groups excluding carboxylic acids is 2. The van der Waals surface area contributed by atoms with Gasteiger partial charge < -0.3 is 4.74 Å². The van der Waals surface area contributed by atoms with E-state index in [1.165, 1.54) is 0 Å². The standard InChI is InChI=1S/C20H17N3O3/c24-17-15-13-9-14(16(15)18(25)26-17)20-11-7-6-10(8-11)19(13,20)21-22-23(20)12-4-2-1-3-5-12/h1-7,10-11,13-16H,8-9H2. The van der Waals surface area contributed by atoms with Gasteiger partial charge in [0.25, 0.3) is 0 Å². The number of cyclic esters (lactones) is 2. The molecule has 1 aromatic rings. The number of fused-ring (bicyclic) bond motifs is 7. The summed E-state index contributed by atoms with van der Waals surface area (Å²) in [5.74, 6) is -0.615. The van der Waals surface area contributed by atoms with Crippen molar-refractivity contribution in [2.24, 2.45) is 45.8 Å². The molecule has 1 aromatic carbocycles. The third-order valence-electron chi connectivity index (χ3n) is 8.14. The Morgan fingerprint density at radius 3 is 2.50 bits per heavy atom. The first-order valence-corrected chi connectivity index (χ1v) is 9.41. The second-order valence-electron chi connectivity index (χ2n) is 8.56. The van der Waals surface area contributed by atoms with E-state index in [0.29, 0.717) is 11.8 Å². The van der Waals surface area contributed by atoms with Gasteiger partial charge in [0, 0.05) is 23.7 Å². The number of benzene rings is 1. The van der Waals surface area contributed by atoms with Crippen molar-refractivity contribution in [1.29, 1.82) is 0 Å². The summed E-state index contributed by atoms with van der Waals surface area (Å²) >= 11 is 0. The summed E-state index contributed by atoms with van der Waals surface area (Å²) in [6.07, 6.45) is 6.48. The van der Waals surface area contributed by atoms with E-state index in [2.05, 4.69) is 34.5 Å². The summed E-state index contributed by atoms with van der Waals surface area (Å²) in [5.41, 5.74) is 0.293. The minimum absolute atomic E-state index is 0.0499. The first-order chi connectivity index (χ1) is 12.7. The topological polar surface area (TPSA) is 71.3 Å². The molecule has 3 saturated carbocycles. The van der Waals surface area contributed by atoms with Gasteiger partial charge in [0.05, 0.1) is 17.5 Å². The summed E-state index contributed by atoms with van der Waals surface area (Å²) < 4.78 is 5.08. The van der Waals surface area contributed by atoms with Gasteiger partial charge in [-0.05, 0) is 25.0 Å². The van der Waals surface area contributed by atoms with Crippen LogP contribution in [0.5, 0.6) is 0 Å². The van der Waals surface area contributed by atoms with Gasteiger partial charge >= 0.3 is 11.9 Å². The van der Waals surface area contributed by atoms with Crippen LogP contribution < -0.4 is 5.01 Å². The molecule has 8 unspecified atom stereocenters. The monoisotopic (exact) mass is 347 g/mol. The second-order valence-corrected chi connectivity index (χ2v) is 8.56. The van der Waals surface area contributed by atoms with Crippen molar-refractivity contribution in [1.82, 2.24) is 0 Å². The quantitative estimate of drug-likeness (QED) is 0.445. The van der Waals surface area contributed by atoms with Crippen molar-refractivity contribution in [2.75, 3.05) is 5.01 Å². The number of esters is 2. The van der Waals surface area contributed by atoms with Crippen LogP contribution in [0.4, 0.5) is 5.69 Å². The fourth-order valence-corrected chi connectivity index (χ4v) is 7.66. The average Bonchev–Trinajstić information content (AvgIpc) is 3.43. The summed E-state index contributed by atoms with van der Waals surface area (Å²) in [6.45, 7) is 0. The van der Waals surface area contributed by atoms with Crippen LogP contribution in [0.15, 0.2) is 52.8 Å². The molecule has 8 atom stereocenters. The molecular weight excluding hydrogens is 330 g/mol. The molecule has 6 nitrogen and oxygen atoms in total. The van der Waals surface area contributed by atoms with Crippen LogP contribution in [0, 0.1) is 35.5 Å². The third kappa shape index (κ3) is 1.08. The highest BCUT2D eigenvalue weighted by Crippen LogP contribution is 2.78. The number of carbonyl (C=O) groups is 2. The molecule has 0 amide bonds. The maximum absolute atomic E-state index is 12.5. The number of rotatable bonds is 1. The van der Waals surface area contributed by atoms with Crippen LogP contribution >= 0.6 is 0 Å². The van der Waals surface area contributed by atoms with Gasteiger partial charge in [-0.1, -0.05) is 35.6 Å². The van der Waals surface area contributed by atoms with Crippen LogP contribution in [0.25, 0.3) is 0 Å². The first kappa shape index (κ1) is 13.7. The van der Waals surface area contributed by atoms with E-state index < -0.39 is 5.54 Å². The van der Waals surface area contributed by atoms with Crippen molar-refractivity contribution in [3.05, 3.63) is 42.5 Å². The lowest BCUT2D eigenvalue weighted by molar-refractivity contribution is -0.154. The van der Waals surface area contributed by atoms with Gasteiger partial charge in [-0.2, -0.15) is 5.11 Å². The molecule has 130 valence electrons. The highest BCUT2D eigenvalue weighted by molar-refractivity contribution is 5.98. The van der Waals surface area contributed by atoms with Gasteiger partial charge in [0.15, 0.2) is 0 Å². The first-order valence-electron chi connectivity index (χ1n) is 9.41. The van der Waals surface area contributed by atoms with Gasteiger partial charge in [0.2, 0.25) is 0 Å². The van der Waals surface area contributed by atoms with Crippen LogP contribution in [-0.2, 0) is 14.3 Å². The average molecular weight is 347 g/mol. The SMILES string of the molecule is O=C1OC(=O)C2C1C1CC2C23C4C=CC(C4)C12N=NN3c1ccccc1. The number of hydrogen-bond donors (Lipinski definition) is 0. The predicted octanol–water partition coefficient (Wildman–Crippen LogP) is 2.52. The molecule has 4 bridgehead atoms. The van der Waals surface area contributed by atoms with Gasteiger partial charge in [0.1, 0.15) is 11.1 Å². The Bertz CT molecular complexity index is 943. The van der Waals surface area contributed by atoms with Crippen LogP contribution in [0.3, 0.4) is 0 Å². The Hall–Kier alpha value is -2.50. The molecule has 4 aliphatic carbocycles. The maximum atomic E-state index is 12.5. The van der Waals surface area contributed by atoms with E-state index in [1.54, 1.807) is 0 Å². The van der Waals surface area contributed by atoms with Crippen LogP contribution in [-0.4, -0.2) is 23.0 Å². The lowest BCUT2D eigenvalue weighted by Crippen LogP contribution is -2.67.